The van der Waals surface area contributed by atoms with Gasteiger partial charge in [-0.2, -0.15) is 0 Å². The Morgan fingerprint density at radius 3 is 2.70 bits per heavy atom. The van der Waals surface area contributed by atoms with Crippen molar-refractivity contribution in [1.82, 2.24) is 4.98 Å². The standard InChI is InChI=1S/C21H13FN2O5S/c22-13-7-5-12(6-8-13)15-11-30-21(23-15)24-19(26)10-28-20(27)18-9-16(25)14-3-1-2-4-17(14)29-18/h1-9,11H,10H2,(H,23,24,26). The van der Waals surface area contributed by atoms with Crippen LogP contribution in [-0.4, -0.2) is 23.5 Å². The molecule has 150 valence electrons. The number of esters is 1. The van der Waals surface area contributed by atoms with Crippen LogP contribution in [0.15, 0.2) is 69.2 Å². The first-order valence-corrected chi connectivity index (χ1v) is 9.59. The lowest BCUT2D eigenvalue weighted by Crippen LogP contribution is -2.21. The molecule has 1 N–H and O–H groups in total. The van der Waals surface area contributed by atoms with Gasteiger partial charge in [-0.25, -0.2) is 14.2 Å². The average molecular weight is 424 g/mol. The van der Waals surface area contributed by atoms with E-state index >= 15 is 0 Å². The molecule has 0 fully saturated rings. The van der Waals surface area contributed by atoms with E-state index in [9.17, 15) is 18.8 Å². The summed E-state index contributed by atoms with van der Waals surface area (Å²) in [6.45, 7) is -0.583. The lowest BCUT2D eigenvalue weighted by Gasteiger charge is -2.05. The summed E-state index contributed by atoms with van der Waals surface area (Å²) in [6.07, 6.45) is 0. The second-order valence-corrected chi connectivity index (χ2v) is 7.00. The molecule has 7 nitrogen and oxygen atoms in total. The van der Waals surface area contributed by atoms with Crippen molar-refractivity contribution in [2.24, 2.45) is 0 Å². The van der Waals surface area contributed by atoms with Crippen LogP contribution in [-0.2, 0) is 9.53 Å². The molecule has 0 aliphatic rings. The number of carbonyl (C=O) groups excluding carboxylic acids is 2. The molecule has 0 unspecified atom stereocenters. The first-order chi connectivity index (χ1) is 14.5. The maximum Gasteiger partial charge on any atom is 0.374 e. The van der Waals surface area contributed by atoms with Gasteiger partial charge in [0.2, 0.25) is 5.76 Å². The summed E-state index contributed by atoms with van der Waals surface area (Å²) in [7, 11) is 0. The highest BCUT2D eigenvalue weighted by Gasteiger charge is 2.16. The second kappa shape index (κ2) is 8.26. The van der Waals surface area contributed by atoms with E-state index in [1.165, 1.54) is 23.5 Å². The molecule has 0 bridgehead atoms. The van der Waals surface area contributed by atoms with E-state index in [-0.39, 0.29) is 22.6 Å². The summed E-state index contributed by atoms with van der Waals surface area (Å²) in [5, 5.41) is 4.86. The normalized spacial score (nSPS) is 10.7. The topological polar surface area (TPSA) is 98.5 Å². The minimum absolute atomic E-state index is 0.248. The number of para-hydroxylation sites is 1. The maximum absolute atomic E-state index is 13.0. The Hall–Kier alpha value is -3.85. The first-order valence-electron chi connectivity index (χ1n) is 8.71. The Balaban J connectivity index is 1.38. The number of hydrogen-bond donors (Lipinski definition) is 1. The van der Waals surface area contributed by atoms with Gasteiger partial charge >= 0.3 is 5.97 Å². The van der Waals surface area contributed by atoms with Gasteiger partial charge in [0.1, 0.15) is 11.4 Å². The third-order valence-electron chi connectivity index (χ3n) is 4.06. The largest absolute Gasteiger partial charge is 0.450 e. The van der Waals surface area contributed by atoms with Crippen molar-refractivity contribution in [3.05, 3.63) is 81.8 Å². The number of amides is 1. The van der Waals surface area contributed by atoms with Crippen LogP contribution in [0.5, 0.6) is 0 Å². The SMILES string of the molecule is O=C(COC(=O)c1cc(=O)c2ccccc2o1)Nc1nc(-c2ccc(F)cc2)cs1. The van der Waals surface area contributed by atoms with Crippen molar-refractivity contribution < 1.29 is 23.1 Å². The molecule has 0 aliphatic heterocycles. The molecule has 2 heterocycles. The van der Waals surface area contributed by atoms with Gasteiger partial charge in [-0.1, -0.05) is 12.1 Å². The highest BCUT2D eigenvalue weighted by Crippen LogP contribution is 2.25. The molecule has 0 saturated heterocycles. The van der Waals surface area contributed by atoms with Crippen LogP contribution in [0, 0.1) is 5.82 Å². The Labute approximate surface area is 172 Å². The van der Waals surface area contributed by atoms with Crippen molar-refractivity contribution in [3.8, 4) is 11.3 Å². The van der Waals surface area contributed by atoms with Crippen molar-refractivity contribution in [1.29, 1.82) is 0 Å². The smallest absolute Gasteiger partial charge is 0.374 e. The Bertz CT molecular complexity index is 1300. The molecule has 0 aliphatic carbocycles. The highest BCUT2D eigenvalue weighted by molar-refractivity contribution is 7.14. The minimum atomic E-state index is -0.931. The van der Waals surface area contributed by atoms with E-state index in [1.807, 2.05) is 0 Å². The lowest BCUT2D eigenvalue weighted by molar-refractivity contribution is -0.119. The molecule has 1 amide bonds. The van der Waals surface area contributed by atoms with Crippen molar-refractivity contribution in [3.63, 3.8) is 0 Å². The number of fused-ring (bicyclic) bond motifs is 1. The van der Waals surface area contributed by atoms with Crippen LogP contribution < -0.4 is 10.7 Å². The molecule has 2 aromatic heterocycles. The molecule has 4 aromatic rings. The van der Waals surface area contributed by atoms with Gasteiger partial charge in [0.25, 0.3) is 5.91 Å². The zero-order valence-electron chi connectivity index (χ0n) is 15.3. The van der Waals surface area contributed by atoms with Gasteiger partial charge in [-0.15, -0.1) is 11.3 Å². The fourth-order valence-electron chi connectivity index (χ4n) is 2.65. The summed E-state index contributed by atoms with van der Waals surface area (Å²) in [5.74, 6) is -2.18. The third kappa shape index (κ3) is 4.26. The number of thiazole rings is 1. The number of aromatic nitrogens is 1. The van der Waals surface area contributed by atoms with Crippen LogP contribution in [0.2, 0.25) is 0 Å². The maximum atomic E-state index is 13.0. The quantitative estimate of drug-likeness (QED) is 0.489. The van der Waals surface area contributed by atoms with Crippen LogP contribution in [0.4, 0.5) is 9.52 Å². The van der Waals surface area contributed by atoms with Crippen molar-refractivity contribution in [2.75, 3.05) is 11.9 Å². The fourth-order valence-corrected chi connectivity index (χ4v) is 3.38. The van der Waals surface area contributed by atoms with Crippen molar-refractivity contribution >= 4 is 39.3 Å². The number of rotatable bonds is 5. The molecular weight excluding hydrogens is 411 g/mol. The summed E-state index contributed by atoms with van der Waals surface area (Å²) >= 11 is 1.17. The Morgan fingerprint density at radius 1 is 1.13 bits per heavy atom. The lowest BCUT2D eigenvalue weighted by atomic mass is 10.2. The third-order valence-corrected chi connectivity index (χ3v) is 4.82. The van der Waals surface area contributed by atoms with E-state index in [2.05, 4.69) is 10.3 Å². The summed E-state index contributed by atoms with van der Waals surface area (Å²) in [4.78, 5) is 40.5. The van der Waals surface area contributed by atoms with Crippen molar-refractivity contribution in [2.45, 2.75) is 0 Å². The van der Waals surface area contributed by atoms with Crippen LogP contribution in [0.25, 0.3) is 22.2 Å². The summed E-state index contributed by atoms with van der Waals surface area (Å²) in [5.41, 5.74) is 1.14. The monoisotopic (exact) mass is 424 g/mol. The predicted molar refractivity (Wildman–Crippen MR) is 109 cm³/mol. The zero-order chi connectivity index (χ0) is 21.1. The number of benzene rings is 2. The van der Waals surface area contributed by atoms with Gasteiger partial charge in [0.15, 0.2) is 17.2 Å². The number of anilines is 1. The molecule has 0 spiro atoms. The molecule has 0 saturated carbocycles. The highest BCUT2D eigenvalue weighted by atomic mass is 32.1. The van der Waals surface area contributed by atoms with E-state index < -0.39 is 18.5 Å². The van der Waals surface area contributed by atoms with Gasteiger partial charge < -0.3 is 9.15 Å². The average Bonchev–Trinajstić information content (AvgIpc) is 3.21. The summed E-state index contributed by atoms with van der Waals surface area (Å²) in [6, 6.07) is 13.3. The molecule has 30 heavy (non-hydrogen) atoms. The molecule has 0 atom stereocenters. The van der Waals surface area contributed by atoms with Crippen LogP contribution in [0.3, 0.4) is 0 Å². The number of nitrogens with one attached hydrogen (secondary N) is 1. The van der Waals surface area contributed by atoms with E-state index in [1.54, 1.807) is 41.8 Å². The molecule has 4 rings (SSSR count). The summed E-state index contributed by atoms with van der Waals surface area (Å²) < 4.78 is 23.3. The number of halogens is 1. The Morgan fingerprint density at radius 2 is 1.90 bits per heavy atom. The zero-order valence-corrected chi connectivity index (χ0v) is 16.1. The molecular formula is C21H13FN2O5S. The fraction of sp³-hybridized carbons (Fsp3) is 0.0476. The minimum Gasteiger partial charge on any atom is -0.450 e. The number of ether oxygens (including phenoxy) is 1. The van der Waals surface area contributed by atoms with Crippen LogP contribution >= 0.6 is 11.3 Å². The number of nitrogens with zero attached hydrogens (tertiary/aromatic N) is 1. The predicted octanol–water partition coefficient (Wildman–Crippen LogP) is 3.85. The van der Waals surface area contributed by atoms with Gasteiger partial charge in [0.05, 0.1) is 11.1 Å². The van der Waals surface area contributed by atoms with Gasteiger partial charge in [-0.3, -0.25) is 14.9 Å². The van der Waals surface area contributed by atoms with E-state index in [0.29, 0.717) is 21.8 Å². The van der Waals surface area contributed by atoms with Gasteiger partial charge in [0, 0.05) is 17.0 Å². The number of carbonyl (C=O) groups is 2. The van der Waals surface area contributed by atoms with Crippen LogP contribution in [0.1, 0.15) is 10.6 Å². The number of hydrogen-bond acceptors (Lipinski definition) is 7. The molecule has 9 heteroatoms. The first kappa shape index (κ1) is 19.5. The van der Waals surface area contributed by atoms with E-state index in [4.69, 9.17) is 9.15 Å². The second-order valence-electron chi connectivity index (χ2n) is 6.14. The Kier molecular flexibility index (Phi) is 5.36. The molecule has 2 aromatic carbocycles. The van der Waals surface area contributed by atoms with Gasteiger partial charge in [-0.05, 0) is 36.4 Å². The molecule has 0 radical (unpaired) electrons. The van der Waals surface area contributed by atoms with E-state index in [0.717, 1.165) is 6.07 Å².